The largest absolute Gasteiger partial charge is 0.508 e. The SMILES string of the molecule is CC(c1ccccc1)N1CCN(c2cc(-c3cccc(O)c3)nc(N3CCOCC3)n2)CC1. The predicted octanol–water partition coefficient (Wildman–Crippen LogP) is 3.57. The van der Waals surface area contributed by atoms with Gasteiger partial charge in [-0.2, -0.15) is 4.98 Å². The molecule has 1 aromatic heterocycles. The van der Waals surface area contributed by atoms with E-state index in [9.17, 15) is 5.11 Å². The third kappa shape index (κ3) is 4.94. The number of nitrogens with zero attached hydrogens (tertiary/aromatic N) is 5. The van der Waals surface area contributed by atoms with E-state index in [4.69, 9.17) is 14.7 Å². The van der Waals surface area contributed by atoms with Crippen LogP contribution in [0.1, 0.15) is 18.5 Å². The van der Waals surface area contributed by atoms with E-state index in [0.29, 0.717) is 19.3 Å². The van der Waals surface area contributed by atoms with Gasteiger partial charge in [-0.3, -0.25) is 4.90 Å². The zero-order chi connectivity index (χ0) is 22.6. The Kier molecular flexibility index (Phi) is 6.41. The van der Waals surface area contributed by atoms with Crippen LogP contribution in [0.4, 0.5) is 11.8 Å². The summed E-state index contributed by atoms with van der Waals surface area (Å²) in [5.74, 6) is 1.91. The van der Waals surface area contributed by atoms with Gasteiger partial charge in [0.25, 0.3) is 0 Å². The molecular formula is C26H31N5O2. The molecule has 3 aromatic rings. The maximum Gasteiger partial charge on any atom is 0.228 e. The summed E-state index contributed by atoms with van der Waals surface area (Å²) in [6, 6.07) is 20.4. The molecule has 0 spiro atoms. The Balaban J connectivity index is 1.38. The fraction of sp³-hybridized carbons (Fsp3) is 0.385. The van der Waals surface area contributed by atoms with Gasteiger partial charge < -0.3 is 19.6 Å². The van der Waals surface area contributed by atoms with Gasteiger partial charge in [-0.1, -0.05) is 42.5 Å². The van der Waals surface area contributed by atoms with Crippen molar-refractivity contribution in [2.75, 3.05) is 62.3 Å². The van der Waals surface area contributed by atoms with Crippen LogP contribution in [0.15, 0.2) is 60.7 Å². The fourth-order valence-electron chi connectivity index (χ4n) is 4.58. The zero-order valence-electron chi connectivity index (χ0n) is 19.1. The summed E-state index contributed by atoms with van der Waals surface area (Å²) in [7, 11) is 0. The third-order valence-corrected chi connectivity index (χ3v) is 6.60. The lowest BCUT2D eigenvalue weighted by Crippen LogP contribution is -2.47. The second-order valence-electron chi connectivity index (χ2n) is 8.67. The van der Waals surface area contributed by atoms with Crippen molar-refractivity contribution < 1.29 is 9.84 Å². The van der Waals surface area contributed by atoms with E-state index >= 15 is 0 Å². The molecule has 1 N–H and O–H groups in total. The van der Waals surface area contributed by atoms with Gasteiger partial charge in [0, 0.05) is 56.9 Å². The first-order valence-electron chi connectivity index (χ1n) is 11.7. The van der Waals surface area contributed by atoms with Crippen molar-refractivity contribution in [3.63, 3.8) is 0 Å². The van der Waals surface area contributed by atoms with Crippen molar-refractivity contribution in [3.05, 3.63) is 66.2 Å². The molecule has 2 aromatic carbocycles. The van der Waals surface area contributed by atoms with E-state index < -0.39 is 0 Å². The van der Waals surface area contributed by atoms with Crippen molar-refractivity contribution in [2.45, 2.75) is 13.0 Å². The second kappa shape index (κ2) is 9.77. The molecule has 0 bridgehead atoms. The van der Waals surface area contributed by atoms with E-state index in [1.54, 1.807) is 12.1 Å². The molecule has 5 rings (SSSR count). The Morgan fingerprint density at radius 2 is 1.58 bits per heavy atom. The molecule has 1 unspecified atom stereocenters. The van der Waals surface area contributed by atoms with Crippen molar-refractivity contribution >= 4 is 11.8 Å². The number of anilines is 2. The maximum absolute atomic E-state index is 10.00. The van der Waals surface area contributed by atoms with Gasteiger partial charge in [-0.05, 0) is 24.6 Å². The topological polar surface area (TPSA) is 65.0 Å². The van der Waals surface area contributed by atoms with E-state index in [0.717, 1.165) is 62.3 Å². The van der Waals surface area contributed by atoms with Crippen LogP contribution >= 0.6 is 0 Å². The smallest absolute Gasteiger partial charge is 0.228 e. The molecule has 7 heteroatoms. The van der Waals surface area contributed by atoms with Gasteiger partial charge in [0.05, 0.1) is 18.9 Å². The molecule has 2 aliphatic rings. The lowest BCUT2D eigenvalue weighted by molar-refractivity contribution is 0.122. The molecule has 3 heterocycles. The number of ether oxygens (including phenoxy) is 1. The number of aromatic nitrogens is 2. The number of rotatable bonds is 5. The minimum atomic E-state index is 0.240. The molecule has 1 atom stereocenters. The highest BCUT2D eigenvalue weighted by Crippen LogP contribution is 2.29. The van der Waals surface area contributed by atoms with E-state index in [1.807, 2.05) is 12.1 Å². The van der Waals surface area contributed by atoms with Gasteiger partial charge in [0.2, 0.25) is 5.95 Å². The first-order chi connectivity index (χ1) is 16.2. The number of morpholine rings is 1. The summed E-state index contributed by atoms with van der Waals surface area (Å²) in [6.07, 6.45) is 0. The molecular weight excluding hydrogens is 414 g/mol. The third-order valence-electron chi connectivity index (χ3n) is 6.60. The highest BCUT2D eigenvalue weighted by molar-refractivity contribution is 5.66. The molecule has 2 fully saturated rings. The average Bonchev–Trinajstić information content (AvgIpc) is 2.89. The molecule has 0 amide bonds. The predicted molar refractivity (Wildman–Crippen MR) is 131 cm³/mol. The Bertz CT molecular complexity index is 1060. The number of hydrogen-bond donors (Lipinski definition) is 1. The van der Waals surface area contributed by atoms with Gasteiger partial charge in [-0.25, -0.2) is 4.98 Å². The molecule has 2 saturated heterocycles. The molecule has 0 saturated carbocycles. The van der Waals surface area contributed by atoms with Crippen molar-refractivity contribution in [1.82, 2.24) is 14.9 Å². The fourth-order valence-corrected chi connectivity index (χ4v) is 4.58. The van der Waals surface area contributed by atoms with Gasteiger partial charge in [-0.15, -0.1) is 0 Å². The molecule has 0 aliphatic carbocycles. The van der Waals surface area contributed by atoms with Crippen LogP contribution in [0.5, 0.6) is 5.75 Å². The monoisotopic (exact) mass is 445 g/mol. The Hall–Kier alpha value is -3.16. The van der Waals surface area contributed by atoms with Crippen LogP contribution in [-0.4, -0.2) is 72.5 Å². The van der Waals surface area contributed by atoms with Gasteiger partial charge >= 0.3 is 0 Å². The number of phenolic OH excluding ortho intramolecular Hbond substituents is 1. The van der Waals surface area contributed by atoms with Gasteiger partial charge in [0.1, 0.15) is 11.6 Å². The quantitative estimate of drug-likeness (QED) is 0.644. The zero-order valence-corrected chi connectivity index (χ0v) is 19.1. The number of aromatic hydroxyl groups is 1. The first kappa shape index (κ1) is 21.7. The van der Waals surface area contributed by atoms with Crippen molar-refractivity contribution in [3.8, 4) is 17.0 Å². The van der Waals surface area contributed by atoms with Crippen molar-refractivity contribution in [2.24, 2.45) is 0 Å². The van der Waals surface area contributed by atoms with Crippen molar-refractivity contribution in [1.29, 1.82) is 0 Å². The summed E-state index contributed by atoms with van der Waals surface area (Å²) in [6.45, 7) is 9.01. The summed E-state index contributed by atoms with van der Waals surface area (Å²) in [4.78, 5) is 16.9. The van der Waals surface area contributed by atoms with Crippen LogP contribution in [0.25, 0.3) is 11.3 Å². The number of hydrogen-bond acceptors (Lipinski definition) is 7. The molecule has 172 valence electrons. The molecule has 7 nitrogen and oxygen atoms in total. The summed E-state index contributed by atoms with van der Waals surface area (Å²) in [5, 5.41) is 10.00. The number of phenols is 1. The van der Waals surface area contributed by atoms with Crippen LogP contribution < -0.4 is 9.80 Å². The molecule has 0 radical (unpaired) electrons. The molecule has 33 heavy (non-hydrogen) atoms. The standard InChI is InChI=1S/C26H31N5O2/c1-20(21-6-3-2-4-7-21)29-10-12-30(13-11-29)25-19-24(22-8-5-9-23(32)18-22)27-26(28-25)31-14-16-33-17-15-31/h2-9,18-20,32H,10-17H2,1H3. The van der Waals surface area contributed by atoms with E-state index in [1.165, 1.54) is 5.56 Å². The Morgan fingerprint density at radius 3 is 2.30 bits per heavy atom. The van der Waals surface area contributed by atoms with E-state index in [2.05, 4.69) is 58.0 Å². The summed E-state index contributed by atoms with van der Waals surface area (Å²) >= 11 is 0. The Morgan fingerprint density at radius 1 is 0.818 bits per heavy atom. The summed E-state index contributed by atoms with van der Waals surface area (Å²) in [5.41, 5.74) is 3.08. The minimum absolute atomic E-state index is 0.240. The molecule has 2 aliphatic heterocycles. The minimum Gasteiger partial charge on any atom is -0.508 e. The second-order valence-corrected chi connectivity index (χ2v) is 8.67. The first-order valence-corrected chi connectivity index (χ1v) is 11.7. The van der Waals surface area contributed by atoms with E-state index in [-0.39, 0.29) is 5.75 Å². The Labute approximate surface area is 195 Å². The van der Waals surface area contributed by atoms with Crippen LogP contribution in [0.2, 0.25) is 0 Å². The average molecular weight is 446 g/mol. The number of piperazine rings is 1. The lowest BCUT2D eigenvalue weighted by Gasteiger charge is -2.39. The highest BCUT2D eigenvalue weighted by Gasteiger charge is 2.24. The maximum atomic E-state index is 10.00. The lowest BCUT2D eigenvalue weighted by atomic mass is 10.1. The van der Waals surface area contributed by atoms with Crippen LogP contribution in [0.3, 0.4) is 0 Å². The van der Waals surface area contributed by atoms with Crippen LogP contribution in [0, 0.1) is 0 Å². The van der Waals surface area contributed by atoms with Crippen LogP contribution in [-0.2, 0) is 4.74 Å². The van der Waals surface area contributed by atoms with Gasteiger partial charge in [0.15, 0.2) is 0 Å². The normalized spacial score (nSPS) is 18.3. The summed E-state index contributed by atoms with van der Waals surface area (Å²) < 4.78 is 5.52. The highest BCUT2D eigenvalue weighted by atomic mass is 16.5. The number of benzene rings is 2.